The second-order valence-electron chi connectivity index (χ2n) is 5.81. The molecule has 0 unspecified atom stereocenters. The lowest BCUT2D eigenvalue weighted by molar-refractivity contribution is -0.384. The summed E-state index contributed by atoms with van der Waals surface area (Å²) < 4.78 is 0. The topological polar surface area (TPSA) is 82.0 Å². The minimum absolute atomic E-state index is 0.000673. The van der Waals surface area contributed by atoms with Crippen LogP contribution in [0.25, 0.3) is 10.9 Å². The van der Waals surface area contributed by atoms with Crippen molar-refractivity contribution in [2.75, 3.05) is 5.73 Å². The molecule has 1 heterocycles. The summed E-state index contributed by atoms with van der Waals surface area (Å²) in [4.78, 5) is 15.2. The Morgan fingerprint density at radius 2 is 1.95 bits per heavy atom. The molecule has 2 aromatic rings. The SMILES string of the molecule is Nc1nc2ccccc2c(CC2CCCCC2)c1[N+](=O)[O-]. The van der Waals surface area contributed by atoms with Crippen molar-refractivity contribution in [1.82, 2.24) is 4.98 Å². The summed E-state index contributed by atoms with van der Waals surface area (Å²) in [5.74, 6) is 0.548. The third-order valence-corrected chi connectivity index (χ3v) is 4.40. The first-order chi connectivity index (χ1) is 10.2. The van der Waals surface area contributed by atoms with Gasteiger partial charge in [-0.2, -0.15) is 0 Å². The number of nitrogen functional groups attached to an aromatic ring is 1. The summed E-state index contributed by atoms with van der Waals surface area (Å²) in [6.07, 6.45) is 6.73. The number of benzene rings is 1. The Morgan fingerprint density at radius 1 is 1.24 bits per heavy atom. The lowest BCUT2D eigenvalue weighted by Gasteiger charge is -2.22. The van der Waals surface area contributed by atoms with Crippen LogP contribution in [-0.4, -0.2) is 9.91 Å². The van der Waals surface area contributed by atoms with Crippen LogP contribution in [0.2, 0.25) is 0 Å². The molecule has 0 atom stereocenters. The van der Waals surface area contributed by atoms with Crippen molar-refractivity contribution in [2.24, 2.45) is 5.92 Å². The van der Waals surface area contributed by atoms with Crippen molar-refractivity contribution in [3.8, 4) is 0 Å². The molecule has 1 saturated carbocycles. The number of nitrogens with zero attached hydrogens (tertiary/aromatic N) is 2. The first-order valence-corrected chi connectivity index (χ1v) is 7.48. The molecule has 1 aliphatic rings. The number of hydrogen-bond donors (Lipinski definition) is 1. The van der Waals surface area contributed by atoms with Gasteiger partial charge in [-0.05, 0) is 18.4 Å². The van der Waals surface area contributed by atoms with Gasteiger partial charge in [0, 0.05) is 10.9 Å². The zero-order valence-corrected chi connectivity index (χ0v) is 11.9. The molecule has 21 heavy (non-hydrogen) atoms. The van der Waals surface area contributed by atoms with Gasteiger partial charge in [0.2, 0.25) is 5.82 Å². The average Bonchev–Trinajstić information content (AvgIpc) is 2.47. The van der Waals surface area contributed by atoms with Gasteiger partial charge >= 0.3 is 5.69 Å². The number of fused-ring (bicyclic) bond motifs is 1. The van der Waals surface area contributed by atoms with E-state index in [0.29, 0.717) is 5.92 Å². The molecule has 0 amide bonds. The van der Waals surface area contributed by atoms with Crippen LogP contribution >= 0.6 is 0 Å². The van der Waals surface area contributed by atoms with Crippen molar-refractivity contribution in [3.63, 3.8) is 0 Å². The molecule has 2 N–H and O–H groups in total. The fraction of sp³-hybridized carbons (Fsp3) is 0.438. The predicted octanol–water partition coefficient (Wildman–Crippen LogP) is 3.85. The molecule has 110 valence electrons. The van der Waals surface area contributed by atoms with Crippen LogP contribution in [0.4, 0.5) is 11.5 Å². The van der Waals surface area contributed by atoms with Gasteiger partial charge in [0.15, 0.2) is 0 Å². The quantitative estimate of drug-likeness (QED) is 0.686. The van der Waals surface area contributed by atoms with Gasteiger partial charge in [-0.25, -0.2) is 4.98 Å². The molecule has 0 radical (unpaired) electrons. The zero-order chi connectivity index (χ0) is 14.8. The Hall–Kier alpha value is -2.17. The Morgan fingerprint density at radius 3 is 2.67 bits per heavy atom. The molecule has 1 aromatic heterocycles. The highest BCUT2D eigenvalue weighted by Gasteiger charge is 2.26. The van der Waals surface area contributed by atoms with Gasteiger partial charge in [-0.15, -0.1) is 0 Å². The highest BCUT2D eigenvalue weighted by atomic mass is 16.6. The van der Waals surface area contributed by atoms with Crippen molar-refractivity contribution >= 4 is 22.4 Å². The van der Waals surface area contributed by atoms with Gasteiger partial charge in [0.1, 0.15) is 0 Å². The van der Waals surface area contributed by atoms with Gasteiger partial charge in [0.25, 0.3) is 0 Å². The van der Waals surface area contributed by atoms with Gasteiger partial charge in [-0.3, -0.25) is 10.1 Å². The fourth-order valence-electron chi connectivity index (χ4n) is 3.38. The maximum atomic E-state index is 11.4. The molecule has 3 rings (SSSR count). The van der Waals surface area contributed by atoms with E-state index in [1.165, 1.54) is 19.3 Å². The van der Waals surface area contributed by atoms with E-state index in [9.17, 15) is 10.1 Å². The molecule has 0 saturated heterocycles. The summed E-state index contributed by atoms with van der Waals surface area (Å²) in [6.45, 7) is 0. The molecular weight excluding hydrogens is 266 g/mol. The Bertz CT molecular complexity index is 679. The number of hydrogen-bond acceptors (Lipinski definition) is 4. The Balaban J connectivity index is 2.11. The molecule has 1 aromatic carbocycles. The summed E-state index contributed by atoms with van der Waals surface area (Å²) in [7, 11) is 0. The monoisotopic (exact) mass is 285 g/mol. The number of nitrogens with two attached hydrogens (primary N) is 1. The first kappa shape index (κ1) is 13.8. The van der Waals surface area contributed by atoms with E-state index < -0.39 is 0 Å². The van der Waals surface area contributed by atoms with Crippen LogP contribution in [0.5, 0.6) is 0 Å². The van der Waals surface area contributed by atoms with Crippen molar-refractivity contribution in [2.45, 2.75) is 38.5 Å². The predicted molar refractivity (Wildman–Crippen MR) is 83.1 cm³/mol. The Kier molecular flexibility index (Phi) is 3.73. The average molecular weight is 285 g/mol. The third kappa shape index (κ3) is 2.68. The highest BCUT2D eigenvalue weighted by molar-refractivity contribution is 5.88. The molecule has 0 bridgehead atoms. The maximum Gasteiger partial charge on any atom is 0.314 e. The lowest BCUT2D eigenvalue weighted by atomic mass is 9.84. The third-order valence-electron chi connectivity index (χ3n) is 4.40. The van der Waals surface area contributed by atoms with Crippen LogP contribution in [0.1, 0.15) is 37.7 Å². The van der Waals surface area contributed by atoms with Crippen LogP contribution in [0.15, 0.2) is 24.3 Å². The number of anilines is 1. The van der Waals surface area contributed by atoms with Gasteiger partial charge < -0.3 is 5.73 Å². The van der Waals surface area contributed by atoms with Gasteiger partial charge in [-0.1, -0.05) is 50.3 Å². The molecular formula is C16H19N3O2. The minimum Gasteiger partial charge on any atom is -0.378 e. The van der Waals surface area contributed by atoms with E-state index in [-0.39, 0.29) is 16.4 Å². The fourth-order valence-corrected chi connectivity index (χ4v) is 3.38. The highest BCUT2D eigenvalue weighted by Crippen LogP contribution is 2.36. The van der Waals surface area contributed by atoms with Crippen molar-refractivity contribution < 1.29 is 4.92 Å². The molecule has 5 nitrogen and oxygen atoms in total. The summed E-state index contributed by atoms with van der Waals surface area (Å²) in [5, 5.41) is 12.3. The summed E-state index contributed by atoms with van der Waals surface area (Å²) >= 11 is 0. The number of nitro groups is 1. The van der Waals surface area contributed by atoms with Crippen molar-refractivity contribution in [3.05, 3.63) is 39.9 Å². The molecule has 1 fully saturated rings. The maximum absolute atomic E-state index is 11.4. The molecule has 0 aliphatic heterocycles. The van der Waals surface area contributed by atoms with E-state index in [1.807, 2.05) is 24.3 Å². The largest absolute Gasteiger partial charge is 0.378 e. The number of para-hydroxylation sites is 1. The first-order valence-electron chi connectivity index (χ1n) is 7.48. The number of aromatic nitrogens is 1. The van der Waals surface area contributed by atoms with Crippen LogP contribution in [0, 0.1) is 16.0 Å². The summed E-state index contributed by atoms with van der Waals surface area (Å²) in [6, 6.07) is 7.55. The molecule has 5 heteroatoms. The minimum atomic E-state index is -0.382. The smallest absolute Gasteiger partial charge is 0.314 e. The van der Waals surface area contributed by atoms with Crippen LogP contribution in [-0.2, 0) is 6.42 Å². The molecule has 1 aliphatic carbocycles. The van der Waals surface area contributed by atoms with Crippen LogP contribution in [0.3, 0.4) is 0 Å². The lowest BCUT2D eigenvalue weighted by Crippen LogP contribution is -2.12. The van der Waals surface area contributed by atoms with E-state index in [0.717, 1.165) is 35.7 Å². The Labute approximate surface area is 123 Å². The van der Waals surface area contributed by atoms with E-state index in [1.54, 1.807) is 0 Å². The van der Waals surface area contributed by atoms with Crippen molar-refractivity contribution in [1.29, 1.82) is 0 Å². The second kappa shape index (κ2) is 5.68. The number of pyridine rings is 1. The van der Waals surface area contributed by atoms with Crippen LogP contribution < -0.4 is 5.73 Å². The summed E-state index contributed by atoms with van der Waals surface area (Å²) in [5.41, 5.74) is 7.34. The normalized spacial score (nSPS) is 16.2. The van der Waals surface area contributed by atoms with Gasteiger partial charge in [0.05, 0.1) is 10.4 Å². The second-order valence-corrected chi connectivity index (χ2v) is 5.81. The molecule has 0 spiro atoms. The standard InChI is InChI=1S/C16H19N3O2/c17-16-15(19(20)21)13(10-11-6-2-1-3-7-11)12-8-4-5-9-14(12)18-16/h4-5,8-9,11H,1-3,6-7,10H2,(H2,17,18). The zero-order valence-electron chi connectivity index (χ0n) is 11.9. The van der Waals surface area contributed by atoms with E-state index >= 15 is 0 Å². The van der Waals surface area contributed by atoms with E-state index in [4.69, 9.17) is 5.73 Å². The number of rotatable bonds is 3. The van der Waals surface area contributed by atoms with E-state index in [2.05, 4.69) is 4.98 Å².